The van der Waals surface area contributed by atoms with Crippen molar-refractivity contribution in [1.82, 2.24) is 10.3 Å². The highest BCUT2D eigenvalue weighted by atomic mass is 16.6. The first-order chi connectivity index (χ1) is 14.1. The molecule has 0 spiro atoms. The van der Waals surface area contributed by atoms with Crippen LogP contribution in [-0.4, -0.2) is 29.6 Å². The smallest absolute Gasteiger partial charge is 0.327 e. The number of nitrogens with one attached hydrogen (secondary N) is 1. The Morgan fingerprint density at radius 1 is 1.10 bits per heavy atom. The number of nitro groups is 1. The van der Waals surface area contributed by atoms with Crippen LogP contribution in [0, 0.1) is 10.1 Å². The zero-order valence-electron chi connectivity index (χ0n) is 15.8. The number of benzene rings is 2. The number of amides is 2. The van der Waals surface area contributed by atoms with Crippen molar-refractivity contribution in [2.45, 2.75) is 6.42 Å². The van der Waals surface area contributed by atoms with Gasteiger partial charge < -0.3 is 10.1 Å². The van der Waals surface area contributed by atoms with E-state index in [1.807, 2.05) is 24.3 Å². The number of carbonyl (C=O) groups is 1. The second-order valence-electron chi connectivity index (χ2n) is 6.07. The first kappa shape index (κ1) is 19.8. The van der Waals surface area contributed by atoms with Crippen LogP contribution in [0.5, 0.6) is 5.75 Å². The topological polar surface area (TPSA) is 97.6 Å². The minimum atomic E-state index is -0.555. The Morgan fingerprint density at radius 2 is 1.83 bits per heavy atom. The van der Waals surface area contributed by atoms with Gasteiger partial charge in [0, 0.05) is 18.8 Å². The Bertz CT molecular complexity index is 995. The maximum Gasteiger partial charge on any atom is 0.327 e. The average molecular weight is 392 g/mol. The molecule has 148 valence electrons. The van der Waals surface area contributed by atoms with Gasteiger partial charge in [0.25, 0.3) is 0 Å². The van der Waals surface area contributed by atoms with Gasteiger partial charge in [-0.2, -0.15) is 0 Å². The van der Waals surface area contributed by atoms with E-state index in [-0.39, 0.29) is 11.5 Å². The quantitative estimate of drug-likeness (QED) is 0.482. The number of carbonyl (C=O) groups excluding carboxylic acids is 1. The number of ether oxygens (including phenoxy) is 1. The number of urea groups is 1. The summed E-state index contributed by atoms with van der Waals surface area (Å²) in [7, 11) is 1.59. The summed E-state index contributed by atoms with van der Waals surface area (Å²) in [5.41, 5.74) is 1.17. The average Bonchev–Trinajstić information content (AvgIpc) is 2.75. The molecule has 1 heterocycles. The van der Waals surface area contributed by atoms with Crippen LogP contribution in [0.25, 0.3) is 0 Å². The fourth-order valence-electron chi connectivity index (χ4n) is 2.91. The van der Waals surface area contributed by atoms with Gasteiger partial charge in [-0.25, -0.2) is 14.7 Å². The molecule has 2 amide bonds. The molecule has 8 nitrogen and oxygen atoms in total. The maximum absolute atomic E-state index is 13.0. The molecule has 0 fully saturated rings. The molecule has 1 N–H and O–H groups in total. The molecule has 0 unspecified atom stereocenters. The molecule has 0 saturated heterocycles. The van der Waals surface area contributed by atoms with Crippen molar-refractivity contribution in [3.8, 4) is 5.75 Å². The Balaban J connectivity index is 1.84. The van der Waals surface area contributed by atoms with E-state index in [9.17, 15) is 14.9 Å². The molecule has 29 heavy (non-hydrogen) atoms. The summed E-state index contributed by atoms with van der Waals surface area (Å²) in [5.74, 6) is 0.695. The van der Waals surface area contributed by atoms with Crippen LogP contribution < -0.4 is 15.0 Å². The molecule has 3 aromatic rings. The van der Waals surface area contributed by atoms with Crippen LogP contribution in [0.1, 0.15) is 5.56 Å². The third kappa shape index (κ3) is 4.67. The van der Waals surface area contributed by atoms with Crippen LogP contribution in [0.15, 0.2) is 72.9 Å². The van der Waals surface area contributed by atoms with Crippen LogP contribution in [0.4, 0.5) is 22.0 Å². The fourth-order valence-corrected chi connectivity index (χ4v) is 2.91. The van der Waals surface area contributed by atoms with Crippen LogP contribution in [0.2, 0.25) is 0 Å². The summed E-state index contributed by atoms with van der Waals surface area (Å²) in [6.07, 6.45) is 1.96. The number of aromatic nitrogens is 1. The first-order valence-corrected chi connectivity index (χ1v) is 8.96. The van der Waals surface area contributed by atoms with Gasteiger partial charge in [-0.05, 0) is 36.2 Å². The largest absolute Gasteiger partial charge is 0.496 e. The van der Waals surface area contributed by atoms with E-state index in [0.29, 0.717) is 18.7 Å². The van der Waals surface area contributed by atoms with Crippen molar-refractivity contribution in [2.24, 2.45) is 0 Å². The highest BCUT2D eigenvalue weighted by Crippen LogP contribution is 2.31. The molecule has 0 radical (unpaired) electrons. The molecule has 8 heteroatoms. The Morgan fingerprint density at radius 3 is 2.55 bits per heavy atom. The highest BCUT2D eigenvalue weighted by Gasteiger charge is 2.27. The van der Waals surface area contributed by atoms with E-state index >= 15 is 0 Å². The Labute approximate surface area is 167 Å². The summed E-state index contributed by atoms with van der Waals surface area (Å²) < 4.78 is 5.32. The maximum atomic E-state index is 13.0. The van der Waals surface area contributed by atoms with E-state index in [1.54, 1.807) is 37.4 Å². The first-order valence-electron chi connectivity index (χ1n) is 8.96. The van der Waals surface area contributed by atoms with Crippen LogP contribution in [-0.2, 0) is 6.42 Å². The summed E-state index contributed by atoms with van der Waals surface area (Å²) in [6.45, 7) is 0.323. The van der Waals surface area contributed by atoms with Crippen molar-refractivity contribution < 1.29 is 14.5 Å². The number of rotatable bonds is 7. The molecule has 0 bridgehead atoms. The number of anilines is 2. The summed E-state index contributed by atoms with van der Waals surface area (Å²) in [4.78, 5) is 29.2. The van der Waals surface area contributed by atoms with Gasteiger partial charge in [0.15, 0.2) is 0 Å². The van der Waals surface area contributed by atoms with Gasteiger partial charge in [-0.3, -0.25) is 10.1 Å². The molecule has 1 aromatic heterocycles. The van der Waals surface area contributed by atoms with Gasteiger partial charge in [0.2, 0.25) is 5.82 Å². The second kappa shape index (κ2) is 9.32. The van der Waals surface area contributed by atoms with E-state index in [0.717, 1.165) is 11.3 Å². The number of para-hydroxylation sites is 2. The molecular formula is C21H20N4O4. The zero-order chi connectivity index (χ0) is 20.6. The van der Waals surface area contributed by atoms with E-state index in [1.165, 1.54) is 23.2 Å². The minimum absolute atomic E-state index is 0.0431. The summed E-state index contributed by atoms with van der Waals surface area (Å²) >= 11 is 0. The fraction of sp³-hybridized carbons (Fsp3) is 0.143. The van der Waals surface area contributed by atoms with Crippen molar-refractivity contribution in [2.75, 3.05) is 18.6 Å². The van der Waals surface area contributed by atoms with Gasteiger partial charge in [0.1, 0.15) is 5.75 Å². The van der Waals surface area contributed by atoms with Gasteiger partial charge >= 0.3 is 11.7 Å². The van der Waals surface area contributed by atoms with Crippen molar-refractivity contribution in [1.29, 1.82) is 0 Å². The Kier molecular flexibility index (Phi) is 6.36. The molecule has 0 saturated carbocycles. The second-order valence-corrected chi connectivity index (χ2v) is 6.07. The third-order valence-corrected chi connectivity index (χ3v) is 4.26. The predicted octanol–water partition coefficient (Wildman–Crippen LogP) is 4.09. The summed E-state index contributed by atoms with van der Waals surface area (Å²) in [6, 6.07) is 18.5. The zero-order valence-corrected chi connectivity index (χ0v) is 15.8. The van der Waals surface area contributed by atoms with Gasteiger partial charge in [-0.1, -0.05) is 36.4 Å². The Hall–Kier alpha value is -3.94. The molecule has 0 aliphatic rings. The van der Waals surface area contributed by atoms with Crippen molar-refractivity contribution in [3.05, 3.63) is 88.6 Å². The molecule has 2 aromatic carbocycles. The van der Waals surface area contributed by atoms with Crippen LogP contribution in [0.3, 0.4) is 0 Å². The molecule has 0 atom stereocenters. The number of nitrogens with zero attached hydrogens (tertiary/aromatic N) is 3. The van der Waals surface area contributed by atoms with Gasteiger partial charge in [-0.15, -0.1) is 0 Å². The third-order valence-electron chi connectivity index (χ3n) is 4.26. The normalized spacial score (nSPS) is 10.2. The minimum Gasteiger partial charge on any atom is -0.496 e. The number of hydrogen-bond donors (Lipinski definition) is 1. The highest BCUT2D eigenvalue weighted by molar-refractivity contribution is 6.00. The predicted molar refractivity (Wildman–Crippen MR) is 110 cm³/mol. The van der Waals surface area contributed by atoms with Crippen LogP contribution >= 0.6 is 0 Å². The van der Waals surface area contributed by atoms with E-state index in [2.05, 4.69) is 10.3 Å². The molecule has 3 rings (SSSR count). The van der Waals surface area contributed by atoms with E-state index in [4.69, 9.17) is 4.74 Å². The van der Waals surface area contributed by atoms with Crippen molar-refractivity contribution >= 4 is 23.2 Å². The number of pyridine rings is 1. The lowest BCUT2D eigenvalue weighted by molar-refractivity contribution is -0.384. The summed E-state index contributed by atoms with van der Waals surface area (Å²) in [5, 5.41) is 14.3. The standard InChI is InChI=1S/C21H20N4O4/c1-29-19-12-6-5-8-16(19)13-15-23-21(26)24(17-9-3-2-4-10-17)20-18(25(27)28)11-7-14-22-20/h2-12,14H,13,15H2,1H3,(H,23,26). The molecular weight excluding hydrogens is 372 g/mol. The SMILES string of the molecule is COc1ccccc1CCNC(=O)N(c1ccccc1)c1ncccc1[N+](=O)[O-]. The molecule has 0 aliphatic carbocycles. The molecule has 0 aliphatic heterocycles. The van der Waals surface area contributed by atoms with Crippen molar-refractivity contribution in [3.63, 3.8) is 0 Å². The lowest BCUT2D eigenvalue weighted by Crippen LogP contribution is -2.38. The lowest BCUT2D eigenvalue weighted by Gasteiger charge is -2.22. The number of hydrogen-bond acceptors (Lipinski definition) is 5. The monoisotopic (exact) mass is 392 g/mol. The van der Waals surface area contributed by atoms with Gasteiger partial charge in [0.05, 0.1) is 17.7 Å². The lowest BCUT2D eigenvalue weighted by atomic mass is 10.1. The van der Waals surface area contributed by atoms with E-state index < -0.39 is 11.0 Å². The number of methoxy groups -OCH3 is 1.